The van der Waals surface area contributed by atoms with E-state index < -0.39 is 5.54 Å². The molecule has 3 atom stereocenters. The van der Waals surface area contributed by atoms with Gasteiger partial charge in [-0.05, 0) is 37.7 Å². The van der Waals surface area contributed by atoms with Gasteiger partial charge in [0.2, 0.25) is 0 Å². The van der Waals surface area contributed by atoms with Crippen molar-refractivity contribution in [1.82, 2.24) is 10.2 Å². The molecule has 2 saturated heterocycles. The number of amides is 3. The molecule has 0 radical (unpaired) electrons. The predicted molar refractivity (Wildman–Crippen MR) is 109 cm³/mol. The van der Waals surface area contributed by atoms with Gasteiger partial charge in [0.1, 0.15) is 12.1 Å². The Hall–Kier alpha value is -2.08. The molecule has 0 aromatic heterocycles. The summed E-state index contributed by atoms with van der Waals surface area (Å²) >= 11 is 0. The number of carbonyl (C=O) groups is 2. The van der Waals surface area contributed by atoms with Crippen molar-refractivity contribution in [3.63, 3.8) is 0 Å². The van der Waals surface area contributed by atoms with Gasteiger partial charge in [-0.2, -0.15) is 0 Å². The van der Waals surface area contributed by atoms with Gasteiger partial charge < -0.3 is 15.1 Å². The van der Waals surface area contributed by atoms with Gasteiger partial charge in [0.25, 0.3) is 5.91 Å². The van der Waals surface area contributed by atoms with E-state index in [2.05, 4.69) is 48.5 Å². The SMILES string of the molecule is C[C@@H]1CCCC[C@]12NC(=O)N(C[NH+](C)Cc1ccccc1N1CCCC1)C2=O. The summed E-state index contributed by atoms with van der Waals surface area (Å²) in [5, 5.41) is 3.06. The summed E-state index contributed by atoms with van der Waals surface area (Å²) in [6.45, 7) is 5.54. The Kier molecular flexibility index (Phi) is 5.32. The number of rotatable bonds is 5. The van der Waals surface area contributed by atoms with Gasteiger partial charge in [0.05, 0.1) is 7.05 Å². The Bertz CT molecular complexity index is 746. The average Bonchev–Trinajstić information content (AvgIpc) is 3.29. The lowest BCUT2D eigenvalue weighted by Gasteiger charge is -2.36. The molecule has 1 aromatic rings. The van der Waals surface area contributed by atoms with Gasteiger partial charge in [-0.3, -0.25) is 4.79 Å². The Morgan fingerprint density at radius 3 is 2.64 bits per heavy atom. The topological polar surface area (TPSA) is 57.1 Å². The summed E-state index contributed by atoms with van der Waals surface area (Å²) in [5.74, 6) is 0.191. The molecule has 2 N–H and O–H groups in total. The second-order valence-electron chi connectivity index (χ2n) is 8.90. The van der Waals surface area contributed by atoms with Crippen molar-refractivity contribution in [3.8, 4) is 0 Å². The number of benzene rings is 1. The van der Waals surface area contributed by atoms with Crippen molar-refractivity contribution < 1.29 is 14.5 Å². The number of hydrogen-bond acceptors (Lipinski definition) is 3. The Morgan fingerprint density at radius 2 is 1.89 bits per heavy atom. The summed E-state index contributed by atoms with van der Waals surface area (Å²) in [6.07, 6.45) is 6.43. The van der Waals surface area contributed by atoms with Crippen LogP contribution in [0, 0.1) is 5.92 Å². The minimum atomic E-state index is -0.664. The van der Waals surface area contributed by atoms with Gasteiger partial charge in [-0.25, -0.2) is 9.69 Å². The van der Waals surface area contributed by atoms with Crippen LogP contribution in [-0.4, -0.2) is 49.2 Å². The zero-order valence-electron chi connectivity index (χ0n) is 17.2. The van der Waals surface area contributed by atoms with E-state index in [1.165, 1.54) is 29.0 Å². The predicted octanol–water partition coefficient (Wildman–Crippen LogP) is 1.76. The van der Waals surface area contributed by atoms with Crippen LogP contribution in [0.5, 0.6) is 0 Å². The molecule has 6 heteroatoms. The van der Waals surface area contributed by atoms with E-state index in [1.807, 2.05) is 0 Å². The van der Waals surface area contributed by atoms with Crippen LogP contribution >= 0.6 is 0 Å². The van der Waals surface area contributed by atoms with Crippen molar-refractivity contribution in [3.05, 3.63) is 29.8 Å². The number of para-hydroxylation sites is 1. The number of imide groups is 1. The number of nitrogens with zero attached hydrogens (tertiary/aromatic N) is 2. The monoisotopic (exact) mass is 385 g/mol. The van der Waals surface area contributed by atoms with Crippen molar-refractivity contribution >= 4 is 17.6 Å². The van der Waals surface area contributed by atoms with Gasteiger partial charge in [0, 0.05) is 24.3 Å². The number of urea groups is 1. The fourth-order valence-corrected chi connectivity index (χ4v) is 5.22. The van der Waals surface area contributed by atoms with E-state index in [9.17, 15) is 9.59 Å². The summed E-state index contributed by atoms with van der Waals surface area (Å²) in [5.41, 5.74) is 1.92. The highest BCUT2D eigenvalue weighted by atomic mass is 16.2. The third kappa shape index (κ3) is 3.39. The van der Waals surface area contributed by atoms with E-state index in [-0.39, 0.29) is 17.9 Å². The quantitative estimate of drug-likeness (QED) is 0.760. The Morgan fingerprint density at radius 1 is 1.14 bits per heavy atom. The maximum Gasteiger partial charge on any atom is 0.329 e. The lowest BCUT2D eigenvalue weighted by molar-refractivity contribution is -0.901. The van der Waals surface area contributed by atoms with Crippen LogP contribution < -0.4 is 15.1 Å². The fraction of sp³-hybridized carbons (Fsp3) is 0.636. The third-order valence-corrected chi connectivity index (χ3v) is 6.86. The van der Waals surface area contributed by atoms with Crippen LogP contribution in [0.4, 0.5) is 10.5 Å². The fourth-order valence-electron chi connectivity index (χ4n) is 5.22. The van der Waals surface area contributed by atoms with Gasteiger partial charge in [-0.1, -0.05) is 38.0 Å². The highest BCUT2D eigenvalue weighted by molar-refractivity contribution is 6.07. The molecule has 4 rings (SSSR count). The second kappa shape index (κ2) is 7.74. The Labute approximate surface area is 167 Å². The minimum absolute atomic E-state index is 0.0168. The van der Waals surface area contributed by atoms with Crippen molar-refractivity contribution in [2.45, 2.75) is 57.5 Å². The lowest BCUT2D eigenvalue weighted by Crippen LogP contribution is -3.09. The van der Waals surface area contributed by atoms with Crippen LogP contribution in [0.2, 0.25) is 0 Å². The Balaban J connectivity index is 1.45. The zero-order chi connectivity index (χ0) is 19.7. The van der Waals surface area contributed by atoms with Crippen LogP contribution in [0.15, 0.2) is 24.3 Å². The molecule has 1 saturated carbocycles. The highest BCUT2D eigenvalue weighted by Crippen LogP contribution is 2.37. The number of hydrogen-bond donors (Lipinski definition) is 2. The summed E-state index contributed by atoms with van der Waals surface area (Å²) < 4.78 is 0. The van der Waals surface area contributed by atoms with E-state index in [4.69, 9.17) is 0 Å². The maximum atomic E-state index is 13.2. The first-order valence-corrected chi connectivity index (χ1v) is 10.8. The summed E-state index contributed by atoms with van der Waals surface area (Å²) in [4.78, 5) is 30.9. The largest absolute Gasteiger partial charge is 0.371 e. The van der Waals surface area contributed by atoms with E-state index in [0.717, 1.165) is 50.2 Å². The molecule has 3 amide bonds. The van der Waals surface area contributed by atoms with Crippen molar-refractivity contribution in [2.24, 2.45) is 5.92 Å². The smallest absolute Gasteiger partial charge is 0.329 e. The average molecular weight is 386 g/mol. The first-order valence-electron chi connectivity index (χ1n) is 10.8. The molecule has 2 aliphatic heterocycles. The molecule has 0 bridgehead atoms. The van der Waals surface area contributed by atoms with Gasteiger partial charge >= 0.3 is 6.03 Å². The van der Waals surface area contributed by atoms with Crippen LogP contribution in [0.25, 0.3) is 0 Å². The molecule has 1 aromatic carbocycles. The normalized spacial score (nSPS) is 28.9. The standard InChI is InChI=1S/C22H32N4O2/c1-17-9-5-6-12-22(17)20(27)26(21(28)23-22)16-24(2)15-18-10-3-4-11-19(18)25-13-7-8-14-25/h3-4,10-11,17H,5-9,12-16H2,1-2H3,(H,23,28)/p+1/t17-,22+/m1/s1. The highest BCUT2D eigenvalue weighted by Gasteiger charge is 2.55. The van der Waals surface area contributed by atoms with Crippen LogP contribution in [0.1, 0.15) is 51.0 Å². The zero-order valence-corrected chi connectivity index (χ0v) is 17.2. The summed E-state index contributed by atoms with van der Waals surface area (Å²) in [6, 6.07) is 8.33. The number of quaternary nitrogens is 1. The molecular weight excluding hydrogens is 352 g/mol. The number of carbonyl (C=O) groups excluding carboxylic acids is 2. The first-order chi connectivity index (χ1) is 13.5. The van der Waals surface area contributed by atoms with Crippen molar-refractivity contribution in [1.29, 1.82) is 0 Å². The minimum Gasteiger partial charge on any atom is -0.371 e. The van der Waals surface area contributed by atoms with Gasteiger partial charge in [0.15, 0.2) is 6.67 Å². The second-order valence-corrected chi connectivity index (χ2v) is 8.90. The van der Waals surface area contributed by atoms with Crippen LogP contribution in [0.3, 0.4) is 0 Å². The molecule has 2 heterocycles. The van der Waals surface area contributed by atoms with Gasteiger partial charge in [-0.15, -0.1) is 0 Å². The van der Waals surface area contributed by atoms with E-state index >= 15 is 0 Å². The van der Waals surface area contributed by atoms with E-state index in [1.54, 1.807) is 0 Å². The van der Waals surface area contributed by atoms with Crippen molar-refractivity contribution in [2.75, 3.05) is 31.7 Å². The molecule has 3 fully saturated rings. The summed E-state index contributed by atoms with van der Waals surface area (Å²) in [7, 11) is 2.07. The first kappa shape index (κ1) is 19.2. The maximum absolute atomic E-state index is 13.2. The molecule has 1 spiro atoms. The number of anilines is 1. The number of nitrogens with one attached hydrogen (secondary N) is 2. The molecule has 1 unspecified atom stereocenters. The molecule has 3 aliphatic rings. The molecule has 6 nitrogen and oxygen atoms in total. The lowest BCUT2D eigenvalue weighted by atomic mass is 9.73. The molecule has 28 heavy (non-hydrogen) atoms. The molecular formula is C22H33N4O2+. The van der Waals surface area contributed by atoms with Crippen LogP contribution in [-0.2, 0) is 11.3 Å². The molecule has 1 aliphatic carbocycles. The third-order valence-electron chi connectivity index (χ3n) is 6.86. The van der Waals surface area contributed by atoms with E-state index in [0.29, 0.717) is 6.67 Å². The molecule has 152 valence electrons.